The van der Waals surface area contributed by atoms with Gasteiger partial charge in [-0.2, -0.15) is 0 Å². The summed E-state index contributed by atoms with van der Waals surface area (Å²) in [6, 6.07) is 89.3. The predicted molar refractivity (Wildman–Crippen MR) is 308 cm³/mol. The Morgan fingerprint density at radius 2 is 0.581 bits per heavy atom. The Balaban J connectivity index is 0.955. The lowest BCUT2D eigenvalue weighted by molar-refractivity contribution is 1.21. The van der Waals surface area contributed by atoms with Gasteiger partial charge in [-0.15, -0.1) is 0 Å². The van der Waals surface area contributed by atoms with E-state index in [4.69, 9.17) is 19.9 Å². The fourth-order valence-electron chi connectivity index (χ4n) is 10.5. The zero-order chi connectivity index (χ0) is 49.5. The minimum absolute atomic E-state index is 0.813. The average molecular weight is 949 g/mol. The SMILES string of the molecule is Cc1cc(-c2ccc3ccc4c(-c5ccccc5)cc(N(c5ccccc5)c5ccccc5)nc4c3n2)c(C)cc1-c1ccc2ccc3c(-c4ccccc4)cc(N(c4ccccc4)c4ccccc4)nc3c2n1. The normalized spacial score (nSPS) is 11.4. The minimum atomic E-state index is 0.813. The van der Waals surface area contributed by atoms with Crippen LogP contribution < -0.4 is 9.80 Å². The molecule has 0 amide bonds. The summed E-state index contributed by atoms with van der Waals surface area (Å²) < 4.78 is 0. The predicted octanol–water partition coefficient (Wildman–Crippen LogP) is 18.1. The maximum atomic E-state index is 5.53. The Bertz CT molecular complexity index is 3840. The van der Waals surface area contributed by atoms with Crippen molar-refractivity contribution in [3.05, 3.63) is 266 Å². The van der Waals surface area contributed by atoms with Crippen molar-refractivity contribution >= 4 is 78.0 Å². The minimum Gasteiger partial charge on any atom is -0.295 e. The van der Waals surface area contributed by atoms with Crippen LogP contribution in [0.1, 0.15) is 11.1 Å². The molecule has 0 bridgehead atoms. The van der Waals surface area contributed by atoms with Crippen molar-refractivity contribution < 1.29 is 0 Å². The third kappa shape index (κ3) is 8.05. The van der Waals surface area contributed by atoms with E-state index >= 15 is 0 Å². The maximum absolute atomic E-state index is 5.53. The molecule has 0 saturated carbocycles. The number of benzene rings is 9. The molecule has 6 heteroatoms. The molecule has 0 radical (unpaired) electrons. The number of aromatic nitrogens is 4. The first-order valence-corrected chi connectivity index (χ1v) is 25.0. The molecule has 4 heterocycles. The standard InChI is InChI=1S/C68H48N6/c1-45-41-58(62-40-36-50-34-38-56-60(48-23-11-4-12-24-48)44-64(72-68(56)66(50)70-62)74(53-29-17-7-18-30-53)54-31-19-8-20-32-54)46(2)42-57(45)61-39-35-49-33-37-55-59(47-21-9-3-10-22-47)43-63(71-67(55)65(49)69-61)73(51-25-13-5-14-26-51)52-27-15-6-16-28-52/h3-44H,1-2H3. The van der Waals surface area contributed by atoms with Crippen molar-refractivity contribution in [1.29, 1.82) is 0 Å². The van der Waals surface area contributed by atoms with Crippen molar-refractivity contribution in [1.82, 2.24) is 19.9 Å². The van der Waals surface area contributed by atoms with E-state index in [1.54, 1.807) is 0 Å². The van der Waals surface area contributed by atoms with Crippen LogP contribution in [0.15, 0.2) is 255 Å². The second-order valence-electron chi connectivity index (χ2n) is 18.7. The van der Waals surface area contributed by atoms with E-state index in [1.165, 1.54) is 0 Å². The van der Waals surface area contributed by atoms with Gasteiger partial charge < -0.3 is 0 Å². The number of rotatable bonds is 10. The molecule has 9 aromatic carbocycles. The summed E-state index contributed by atoms with van der Waals surface area (Å²) in [6.45, 7) is 4.35. The highest BCUT2D eigenvalue weighted by atomic mass is 15.2. The number of nitrogens with zero attached hydrogens (tertiary/aromatic N) is 6. The van der Waals surface area contributed by atoms with Gasteiger partial charge in [0.05, 0.1) is 33.5 Å². The second kappa shape index (κ2) is 18.8. The summed E-state index contributed by atoms with van der Waals surface area (Å²) in [7, 11) is 0. The van der Waals surface area contributed by atoms with Gasteiger partial charge in [0.15, 0.2) is 0 Å². The third-order valence-corrected chi connectivity index (χ3v) is 14.1. The molecule has 0 saturated heterocycles. The van der Waals surface area contributed by atoms with Crippen LogP contribution in [-0.4, -0.2) is 19.9 Å². The van der Waals surface area contributed by atoms with E-state index in [0.29, 0.717) is 0 Å². The van der Waals surface area contributed by atoms with Crippen LogP contribution in [0.4, 0.5) is 34.4 Å². The van der Waals surface area contributed by atoms with Crippen molar-refractivity contribution in [2.45, 2.75) is 13.8 Å². The second-order valence-corrected chi connectivity index (χ2v) is 18.7. The average Bonchev–Trinajstić information content (AvgIpc) is 3.46. The van der Waals surface area contributed by atoms with Gasteiger partial charge in [0, 0.05) is 55.4 Å². The quantitative estimate of drug-likeness (QED) is 0.127. The first-order chi connectivity index (χ1) is 36.5. The molecule has 0 aliphatic heterocycles. The van der Waals surface area contributed by atoms with Gasteiger partial charge >= 0.3 is 0 Å². The van der Waals surface area contributed by atoms with E-state index < -0.39 is 0 Å². The Morgan fingerprint density at radius 1 is 0.270 bits per heavy atom. The van der Waals surface area contributed by atoms with Crippen molar-refractivity contribution in [2.75, 3.05) is 9.80 Å². The third-order valence-electron chi connectivity index (χ3n) is 14.1. The molecule has 0 aliphatic carbocycles. The number of pyridine rings is 4. The summed E-state index contributed by atoms with van der Waals surface area (Å²) >= 11 is 0. The molecule has 4 aromatic heterocycles. The molecular weight excluding hydrogens is 901 g/mol. The zero-order valence-corrected chi connectivity index (χ0v) is 40.9. The van der Waals surface area contributed by atoms with Crippen LogP contribution in [-0.2, 0) is 0 Å². The van der Waals surface area contributed by atoms with E-state index in [2.05, 4.69) is 254 Å². The Hall–Kier alpha value is -9.78. The highest BCUT2D eigenvalue weighted by Crippen LogP contribution is 2.43. The molecule has 350 valence electrons. The lowest BCUT2D eigenvalue weighted by atomic mass is 9.94. The van der Waals surface area contributed by atoms with Gasteiger partial charge in [-0.1, -0.05) is 170 Å². The van der Waals surface area contributed by atoms with Gasteiger partial charge in [0.1, 0.15) is 11.6 Å². The highest BCUT2D eigenvalue weighted by Gasteiger charge is 2.22. The summed E-state index contributed by atoms with van der Waals surface area (Å²) in [5, 5.41) is 4.14. The maximum Gasteiger partial charge on any atom is 0.138 e. The number of hydrogen-bond acceptors (Lipinski definition) is 6. The lowest BCUT2D eigenvalue weighted by Gasteiger charge is -2.25. The largest absolute Gasteiger partial charge is 0.295 e. The van der Waals surface area contributed by atoms with Crippen LogP contribution in [0.3, 0.4) is 0 Å². The van der Waals surface area contributed by atoms with Crippen molar-refractivity contribution in [3.8, 4) is 44.8 Å². The molecule has 0 unspecified atom stereocenters. The van der Waals surface area contributed by atoms with Crippen molar-refractivity contribution in [2.24, 2.45) is 0 Å². The molecule has 0 spiro atoms. The molecule has 0 aliphatic rings. The number of hydrogen-bond donors (Lipinski definition) is 0. The van der Waals surface area contributed by atoms with E-state index in [0.717, 1.165) is 134 Å². The lowest BCUT2D eigenvalue weighted by Crippen LogP contribution is -2.12. The molecule has 13 aromatic rings. The van der Waals surface area contributed by atoms with Crippen LogP contribution in [0.25, 0.3) is 88.4 Å². The highest BCUT2D eigenvalue weighted by molar-refractivity contribution is 6.11. The summed E-state index contributed by atoms with van der Waals surface area (Å²) in [5.74, 6) is 1.63. The molecule has 74 heavy (non-hydrogen) atoms. The monoisotopic (exact) mass is 948 g/mol. The van der Waals surface area contributed by atoms with Gasteiger partial charge in [0.25, 0.3) is 0 Å². The first kappa shape index (κ1) is 44.2. The molecule has 13 rings (SSSR count). The van der Waals surface area contributed by atoms with Crippen LogP contribution in [0, 0.1) is 13.8 Å². The first-order valence-electron chi connectivity index (χ1n) is 25.0. The number of aryl methyl sites for hydroxylation is 2. The van der Waals surface area contributed by atoms with Crippen LogP contribution in [0.5, 0.6) is 0 Å². The van der Waals surface area contributed by atoms with Crippen molar-refractivity contribution in [3.63, 3.8) is 0 Å². The van der Waals surface area contributed by atoms with Crippen LogP contribution in [0.2, 0.25) is 0 Å². The summed E-state index contributed by atoms with van der Waals surface area (Å²) in [5.41, 5.74) is 18.0. The fraction of sp³-hybridized carbons (Fsp3) is 0.0294. The van der Waals surface area contributed by atoms with Gasteiger partial charge in [-0.25, -0.2) is 19.9 Å². The molecular formula is C68H48N6. The van der Waals surface area contributed by atoms with E-state index in [9.17, 15) is 0 Å². The van der Waals surface area contributed by atoms with E-state index in [-0.39, 0.29) is 0 Å². The Kier molecular flexibility index (Phi) is 11.2. The molecule has 0 fully saturated rings. The van der Waals surface area contributed by atoms with Gasteiger partial charge in [-0.05, 0) is 132 Å². The number of para-hydroxylation sites is 4. The van der Waals surface area contributed by atoms with E-state index in [1.807, 2.05) is 24.3 Å². The molecule has 0 atom stereocenters. The number of anilines is 6. The summed E-state index contributed by atoms with van der Waals surface area (Å²) in [6.07, 6.45) is 0. The zero-order valence-electron chi connectivity index (χ0n) is 40.9. The molecule has 6 nitrogen and oxygen atoms in total. The van der Waals surface area contributed by atoms with Gasteiger partial charge in [-0.3, -0.25) is 9.80 Å². The van der Waals surface area contributed by atoms with Gasteiger partial charge in [0.2, 0.25) is 0 Å². The Morgan fingerprint density at radius 3 is 0.919 bits per heavy atom. The molecule has 0 N–H and O–H groups in total. The number of fused-ring (bicyclic) bond motifs is 6. The summed E-state index contributed by atoms with van der Waals surface area (Å²) in [4.78, 5) is 26.6. The Labute approximate surface area is 430 Å². The fourth-order valence-corrected chi connectivity index (χ4v) is 10.5. The van der Waals surface area contributed by atoms with Crippen LogP contribution >= 0.6 is 0 Å². The topological polar surface area (TPSA) is 58.0 Å². The smallest absolute Gasteiger partial charge is 0.138 e.